The highest BCUT2D eigenvalue weighted by molar-refractivity contribution is 5.95. The summed E-state index contributed by atoms with van der Waals surface area (Å²) in [5.41, 5.74) is 0.553. The van der Waals surface area contributed by atoms with Crippen LogP contribution < -0.4 is 15.0 Å². The Balaban J connectivity index is 2.92. The van der Waals surface area contributed by atoms with Crippen molar-refractivity contribution in [3.05, 3.63) is 36.7 Å². The van der Waals surface area contributed by atoms with Crippen molar-refractivity contribution in [2.75, 3.05) is 11.4 Å². The van der Waals surface area contributed by atoms with Gasteiger partial charge >= 0.3 is 6.61 Å². The monoisotopic (exact) mass is 298 g/mol. The molecular formula is C15H20F2N2O2. The van der Waals surface area contributed by atoms with Crippen LogP contribution in [0.4, 0.5) is 14.5 Å². The van der Waals surface area contributed by atoms with Gasteiger partial charge in [-0.3, -0.25) is 9.69 Å². The number of rotatable bonds is 8. The molecule has 0 aliphatic heterocycles. The number of amides is 1. The van der Waals surface area contributed by atoms with Gasteiger partial charge < -0.3 is 10.1 Å². The number of carbonyl (C=O) groups excluding carboxylic acids is 1. The summed E-state index contributed by atoms with van der Waals surface area (Å²) in [5, 5.41) is 3.05. The van der Waals surface area contributed by atoms with E-state index < -0.39 is 6.61 Å². The predicted molar refractivity (Wildman–Crippen MR) is 78.3 cm³/mol. The molecule has 116 valence electrons. The van der Waals surface area contributed by atoms with Gasteiger partial charge in [0.25, 0.3) is 0 Å². The van der Waals surface area contributed by atoms with Crippen molar-refractivity contribution in [2.24, 2.45) is 0 Å². The fourth-order valence-electron chi connectivity index (χ4n) is 1.73. The Bertz CT molecular complexity index is 475. The standard InChI is InChI=1S/C15H20F2N2O2/c1-4-10-18-11(3)19(14(20)5-2)12-6-8-13(9-7-12)21-15(16)17/h6-9,15,18H,3-5,10H2,1-2H3. The third-order valence-corrected chi connectivity index (χ3v) is 2.72. The van der Waals surface area contributed by atoms with E-state index in [0.717, 1.165) is 6.42 Å². The summed E-state index contributed by atoms with van der Waals surface area (Å²) in [6.45, 7) is 5.42. The predicted octanol–water partition coefficient (Wildman–Crippen LogP) is 3.50. The van der Waals surface area contributed by atoms with Crippen LogP contribution in [-0.2, 0) is 4.79 Å². The van der Waals surface area contributed by atoms with Gasteiger partial charge in [0.15, 0.2) is 0 Å². The molecule has 0 unspecified atom stereocenters. The van der Waals surface area contributed by atoms with E-state index in [9.17, 15) is 13.6 Å². The second kappa shape index (κ2) is 8.24. The molecule has 1 N–H and O–H groups in total. The fraction of sp³-hybridized carbons (Fsp3) is 0.400. The number of carbonyl (C=O) groups is 1. The van der Waals surface area contributed by atoms with E-state index in [2.05, 4.69) is 16.6 Å². The minimum absolute atomic E-state index is 0.0461. The van der Waals surface area contributed by atoms with Gasteiger partial charge in [-0.15, -0.1) is 0 Å². The number of alkyl halides is 2. The third-order valence-electron chi connectivity index (χ3n) is 2.72. The first-order valence-electron chi connectivity index (χ1n) is 6.80. The average Bonchev–Trinajstić information content (AvgIpc) is 2.46. The number of hydrogen-bond acceptors (Lipinski definition) is 3. The van der Waals surface area contributed by atoms with Gasteiger partial charge in [-0.1, -0.05) is 20.4 Å². The molecule has 0 bridgehead atoms. The van der Waals surface area contributed by atoms with Crippen molar-refractivity contribution >= 4 is 11.6 Å². The topological polar surface area (TPSA) is 41.6 Å². The van der Waals surface area contributed by atoms with E-state index in [4.69, 9.17) is 0 Å². The van der Waals surface area contributed by atoms with Crippen LogP contribution in [0, 0.1) is 0 Å². The molecule has 4 nitrogen and oxygen atoms in total. The molecule has 0 aliphatic carbocycles. The van der Waals surface area contributed by atoms with E-state index >= 15 is 0 Å². The lowest BCUT2D eigenvalue weighted by Gasteiger charge is -2.25. The summed E-state index contributed by atoms with van der Waals surface area (Å²) >= 11 is 0. The first-order chi connectivity index (χ1) is 9.99. The molecule has 0 aromatic heterocycles. The van der Waals surface area contributed by atoms with Gasteiger partial charge in [-0.05, 0) is 30.7 Å². The highest BCUT2D eigenvalue weighted by Crippen LogP contribution is 2.23. The Morgan fingerprint density at radius 2 is 1.95 bits per heavy atom. The van der Waals surface area contributed by atoms with Crippen molar-refractivity contribution < 1.29 is 18.3 Å². The maximum absolute atomic E-state index is 12.1. The molecule has 0 atom stereocenters. The number of anilines is 1. The zero-order chi connectivity index (χ0) is 15.8. The molecule has 0 saturated heterocycles. The van der Waals surface area contributed by atoms with Crippen LogP contribution in [0.3, 0.4) is 0 Å². The number of hydrogen-bond donors (Lipinski definition) is 1. The van der Waals surface area contributed by atoms with Gasteiger partial charge in [0.1, 0.15) is 11.6 Å². The molecule has 6 heteroatoms. The number of ether oxygens (including phenoxy) is 1. The lowest BCUT2D eigenvalue weighted by molar-refractivity contribution is -0.117. The average molecular weight is 298 g/mol. The van der Waals surface area contributed by atoms with E-state index in [1.807, 2.05) is 6.92 Å². The smallest absolute Gasteiger partial charge is 0.387 e. The molecule has 21 heavy (non-hydrogen) atoms. The molecule has 0 radical (unpaired) electrons. The van der Waals surface area contributed by atoms with E-state index in [-0.39, 0.29) is 11.7 Å². The van der Waals surface area contributed by atoms with E-state index in [0.29, 0.717) is 24.5 Å². The largest absolute Gasteiger partial charge is 0.435 e. The summed E-state index contributed by atoms with van der Waals surface area (Å²) in [5.74, 6) is 0.377. The first-order valence-corrected chi connectivity index (χ1v) is 6.80. The molecule has 1 aromatic rings. The van der Waals surface area contributed by atoms with E-state index in [1.54, 1.807) is 19.1 Å². The molecule has 0 spiro atoms. The normalized spacial score (nSPS) is 10.3. The lowest BCUT2D eigenvalue weighted by Crippen LogP contribution is -2.36. The maximum atomic E-state index is 12.1. The number of halogens is 2. The fourth-order valence-corrected chi connectivity index (χ4v) is 1.73. The number of benzene rings is 1. The second-order valence-electron chi connectivity index (χ2n) is 4.33. The Labute approximate surface area is 123 Å². The molecule has 1 aromatic carbocycles. The maximum Gasteiger partial charge on any atom is 0.387 e. The molecule has 0 fully saturated rings. The zero-order valence-electron chi connectivity index (χ0n) is 12.2. The highest BCUT2D eigenvalue weighted by atomic mass is 19.3. The van der Waals surface area contributed by atoms with Crippen molar-refractivity contribution in [2.45, 2.75) is 33.3 Å². The SMILES string of the molecule is C=C(NCCC)N(C(=O)CC)c1ccc(OC(F)F)cc1. The van der Waals surface area contributed by atoms with Gasteiger partial charge in [0, 0.05) is 13.0 Å². The van der Waals surface area contributed by atoms with E-state index in [1.165, 1.54) is 17.0 Å². The van der Waals surface area contributed by atoms with Crippen LogP contribution in [0.25, 0.3) is 0 Å². The van der Waals surface area contributed by atoms with Crippen LogP contribution in [-0.4, -0.2) is 19.1 Å². The second-order valence-corrected chi connectivity index (χ2v) is 4.33. The summed E-state index contributed by atoms with van der Waals surface area (Å²) in [6.07, 6.45) is 1.20. The minimum atomic E-state index is -2.87. The first kappa shape index (κ1) is 16.9. The Morgan fingerprint density at radius 3 is 2.43 bits per heavy atom. The van der Waals surface area contributed by atoms with Gasteiger partial charge in [-0.2, -0.15) is 8.78 Å². The quantitative estimate of drug-likeness (QED) is 0.798. The summed E-state index contributed by atoms with van der Waals surface area (Å²) in [6, 6.07) is 5.88. The molecular weight excluding hydrogens is 278 g/mol. The van der Waals surface area contributed by atoms with Gasteiger partial charge in [0.2, 0.25) is 5.91 Å². The molecule has 1 amide bonds. The van der Waals surface area contributed by atoms with Crippen LogP contribution in [0.5, 0.6) is 5.75 Å². The molecule has 0 aliphatic rings. The van der Waals surface area contributed by atoms with Crippen molar-refractivity contribution in [1.29, 1.82) is 0 Å². The van der Waals surface area contributed by atoms with Gasteiger partial charge in [0.05, 0.1) is 5.69 Å². The van der Waals surface area contributed by atoms with Gasteiger partial charge in [-0.25, -0.2) is 0 Å². The van der Waals surface area contributed by atoms with Crippen molar-refractivity contribution in [3.63, 3.8) is 0 Å². The Morgan fingerprint density at radius 1 is 1.33 bits per heavy atom. The summed E-state index contributed by atoms with van der Waals surface area (Å²) in [7, 11) is 0. The number of nitrogens with zero attached hydrogens (tertiary/aromatic N) is 1. The lowest BCUT2D eigenvalue weighted by atomic mass is 10.2. The van der Waals surface area contributed by atoms with Crippen LogP contribution in [0.1, 0.15) is 26.7 Å². The van der Waals surface area contributed by atoms with Crippen LogP contribution in [0.15, 0.2) is 36.7 Å². The zero-order valence-corrected chi connectivity index (χ0v) is 12.2. The van der Waals surface area contributed by atoms with Crippen molar-refractivity contribution in [1.82, 2.24) is 5.32 Å². The Hall–Kier alpha value is -2.11. The summed E-state index contributed by atoms with van der Waals surface area (Å²) in [4.78, 5) is 13.5. The van der Waals surface area contributed by atoms with Crippen LogP contribution >= 0.6 is 0 Å². The molecule has 1 rings (SSSR count). The summed E-state index contributed by atoms with van der Waals surface area (Å²) < 4.78 is 28.5. The Kier molecular flexibility index (Phi) is 6.65. The number of nitrogens with one attached hydrogen (secondary N) is 1. The molecule has 0 saturated carbocycles. The van der Waals surface area contributed by atoms with Crippen molar-refractivity contribution in [3.8, 4) is 5.75 Å². The van der Waals surface area contributed by atoms with Crippen LogP contribution in [0.2, 0.25) is 0 Å². The third kappa shape index (κ3) is 5.06. The highest BCUT2D eigenvalue weighted by Gasteiger charge is 2.17. The molecule has 0 heterocycles. The minimum Gasteiger partial charge on any atom is -0.435 e.